The molecule has 2 aromatic carbocycles. The molecule has 0 aromatic heterocycles. The number of carbonyl (C=O) groups is 2. The molecule has 154 valence electrons. The summed E-state index contributed by atoms with van der Waals surface area (Å²) in [6.45, 7) is 5.04. The van der Waals surface area contributed by atoms with E-state index in [-0.39, 0.29) is 11.8 Å². The smallest absolute Gasteiger partial charge is 0.254 e. The van der Waals surface area contributed by atoms with Crippen molar-refractivity contribution in [3.05, 3.63) is 65.7 Å². The monoisotopic (exact) mass is 394 g/mol. The van der Waals surface area contributed by atoms with Crippen LogP contribution in [0.25, 0.3) is 0 Å². The molecule has 0 saturated carbocycles. The maximum absolute atomic E-state index is 12.8. The molecule has 0 N–H and O–H groups in total. The summed E-state index contributed by atoms with van der Waals surface area (Å²) in [5.41, 5.74) is 1.90. The van der Waals surface area contributed by atoms with E-state index in [0.717, 1.165) is 25.0 Å². The van der Waals surface area contributed by atoms with Crippen molar-refractivity contribution in [1.29, 1.82) is 0 Å². The molecular weight excluding hydrogens is 364 g/mol. The number of aryl methyl sites for hydroxylation is 1. The Morgan fingerprint density at radius 3 is 2.38 bits per heavy atom. The molecule has 5 heteroatoms. The summed E-state index contributed by atoms with van der Waals surface area (Å²) in [6.07, 6.45) is 3.26. The van der Waals surface area contributed by atoms with Crippen LogP contribution in [0.5, 0.6) is 5.75 Å². The van der Waals surface area contributed by atoms with Gasteiger partial charge in [-0.3, -0.25) is 9.59 Å². The molecule has 0 atom stereocenters. The minimum absolute atomic E-state index is 0.00289. The summed E-state index contributed by atoms with van der Waals surface area (Å²) in [6, 6.07) is 17.6. The number of rotatable bonds is 8. The van der Waals surface area contributed by atoms with Crippen LogP contribution in [0.15, 0.2) is 54.6 Å². The SMILES string of the molecule is CCCOc1cccc(C(=O)N2CCN(C(=O)CCCc3ccccc3)CC2)c1. The fourth-order valence-electron chi connectivity index (χ4n) is 3.53. The fraction of sp³-hybridized carbons (Fsp3) is 0.417. The Hall–Kier alpha value is -2.82. The summed E-state index contributed by atoms with van der Waals surface area (Å²) in [4.78, 5) is 29.0. The molecular formula is C24H30N2O3. The van der Waals surface area contributed by atoms with Gasteiger partial charge in [-0.15, -0.1) is 0 Å². The molecule has 0 bridgehead atoms. The zero-order chi connectivity index (χ0) is 20.5. The lowest BCUT2D eigenvalue weighted by Gasteiger charge is -2.35. The summed E-state index contributed by atoms with van der Waals surface area (Å²) in [7, 11) is 0. The van der Waals surface area contributed by atoms with E-state index in [1.165, 1.54) is 5.56 Å². The first-order chi connectivity index (χ1) is 14.2. The van der Waals surface area contributed by atoms with Gasteiger partial charge in [0, 0.05) is 38.2 Å². The van der Waals surface area contributed by atoms with Crippen LogP contribution in [0.2, 0.25) is 0 Å². The lowest BCUT2D eigenvalue weighted by molar-refractivity contribution is -0.132. The Balaban J connectivity index is 1.44. The Bertz CT molecular complexity index is 799. The van der Waals surface area contributed by atoms with Gasteiger partial charge in [-0.05, 0) is 43.0 Å². The van der Waals surface area contributed by atoms with E-state index in [4.69, 9.17) is 4.74 Å². The average molecular weight is 395 g/mol. The Kier molecular flexibility index (Phi) is 7.68. The van der Waals surface area contributed by atoms with Gasteiger partial charge < -0.3 is 14.5 Å². The molecule has 3 rings (SSSR count). The van der Waals surface area contributed by atoms with Crippen LogP contribution < -0.4 is 4.74 Å². The van der Waals surface area contributed by atoms with E-state index in [2.05, 4.69) is 19.1 Å². The third kappa shape index (κ3) is 6.08. The lowest BCUT2D eigenvalue weighted by atomic mass is 10.1. The van der Waals surface area contributed by atoms with E-state index < -0.39 is 0 Å². The maximum Gasteiger partial charge on any atom is 0.254 e. The van der Waals surface area contributed by atoms with Gasteiger partial charge in [0.2, 0.25) is 5.91 Å². The molecule has 5 nitrogen and oxygen atoms in total. The van der Waals surface area contributed by atoms with Crippen molar-refractivity contribution in [2.24, 2.45) is 0 Å². The standard InChI is InChI=1S/C24H30N2O3/c1-2-18-29-22-12-7-11-21(19-22)24(28)26-16-14-25(15-17-26)23(27)13-6-10-20-8-4-3-5-9-20/h3-5,7-9,11-12,19H,2,6,10,13-18H2,1H3. The Morgan fingerprint density at radius 2 is 1.66 bits per heavy atom. The highest BCUT2D eigenvalue weighted by molar-refractivity contribution is 5.94. The van der Waals surface area contributed by atoms with E-state index in [0.29, 0.717) is 44.8 Å². The van der Waals surface area contributed by atoms with Gasteiger partial charge in [0.15, 0.2) is 0 Å². The predicted octanol–water partition coefficient (Wildman–Crippen LogP) is 3.78. The molecule has 2 aromatic rings. The molecule has 1 heterocycles. The first kappa shape index (κ1) is 20.9. The van der Waals surface area contributed by atoms with Crippen molar-refractivity contribution in [2.45, 2.75) is 32.6 Å². The molecule has 0 radical (unpaired) electrons. The molecule has 1 aliphatic heterocycles. The maximum atomic E-state index is 12.8. The van der Waals surface area contributed by atoms with Gasteiger partial charge in [-0.1, -0.05) is 43.3 Å². The largest absolute Gasteiger partial charge is 0.494 e. The number of nitrogens with zero attached hydrogens (tertiary/aromatic N) is 2. The van der Waals surface area contributed by atoms with Crippen molar-refractivity contribution < 1.29 is 14.3 Å². The van der Waals surface area contributed by atoms with Crippen LogP contribution in [-0.4, -0.2) is 54.4 Å². The first-order valence-electron chi connectivity index (χ1n) is 10.5. The average Bonchev–Trinajstić information content (AvgIpc) is 2.78. The van der Waals surface area contributed by atoms with Gasteiger partial charge in [-0.25, -0.2) is 0 Å². The predicted molar refractivity (Wildman–Crippen MR) is 114 cm³/mol. The van der Waals surface area contributed by atoms with Gasteiger partial charge >= 0.3 is 0 Å². The molecule has 1 saturated heterocycles. The first-order valence-corrected chi connectivity index (χ1v) is 10.5. The number of amides is 2. The number of piperazine rings is 1. The highest BCUT2D eigenvalue weighted by Crippen LogP contribution is 2.17. The van der Waals surface area contributed by atoms with Gasteiger partial charge in [0.25, 0.3) is 5.91 Å². The van der Waals surface area contributed by atoms with Crippen molar-refractivity contribution in [2.75, 3.05) is 32.8 Å². The van der Waals surface area contributed by atoms with E-state index in [1.54, 1.807) is 6.07 Å². The van der Waals surface area contributed by atoms with Crippen LogP contribution in [0, 0.1) is 0 Å². The summed E-state index contributed by atoms with van der Waals surface area (Å²) in [5.74, 6) is 0.913. The highest BCUT2D eigenvalue weighted by atomic mass is 16.5. The van der Waals surface area contributed by atoms with Crippen molar-refractivity contribution in [3.63, 3.8) is 0 Å². The minimum atomic E-state index is 0.00289. The second-order valence-electron chi connectivity index (χ2n) is 7.39. The molecule has 0 aliphatic carbocycles. The molecule has 29 heavy (non-hydrogen) atoms. The van der Waals surface area contributed by atoms with Crippen LogP contribution >= 0.6 is 0 Å². The van der Waals surface area contributed by atoms with Crippen molar-refractivity contribution in [3.8, 4) is 5.75 Å². The summed E-state index contributed by atoms with van der Waals surface area (Å²) >= 11 is 0. The number of carbonyl (C=O) groups excluding carboxylic acids is 2. The number of hydrogen-bond donors (Lipinski definition) is 0. The molecule has 1 fully saturated rings. The second kappa shape index (κ2) is 10.6. The molecule has 0 spiro atoms. The number of hydrogen-bond acceptors (Lipinski definition) is 3. The third-order valence-corrected chi connectivity index (χ3v) is 5.17. The minimum Gasteiger partial charge on any atom is -0.494 e. The van der Waals surface area contributed by atoms with E-state index >= 15 is 0 Å². The zero-order valence-corrected chi connectivity index (χ0v) is 17.2. The van der Waals surface area contributed by atoms with E-state index in [9.17, 15) is 9.59 Å². The Labute approximate surface area is 173 Å². The molecule has 1 aliphatic rings. The fourth-order valence-corrected chi connectivity index (χ4v) is 3.53. The summed E-state index contributed by atoms with van der Waals surface area (Å²) < 4.78 is 5.63. The molecule has 2 amide bonds. The van der Waals surface area contributed by atoms with Gasteiger partial charge in [0.1, 0.15) is 5.75 Å². The molecule has 0 unspecified atom stereocenters. The highest BCUT2D eigenvalue weighted by Gasteiger charge is 2.24. The third-order valence-electron chi connectivity index (χ3n) is 5.17. The zero-order valence-electron chi connectivity index (χ0n) is 17.2. The van der Waals surface area contributed by atoms with Gasteiger partial charge in [-0.2, -0.15) is 0 Å². The normalized spacial score (nSPS) is 14.0. The van der Waals surface area contributed by atoms with Crippen LogP contribution in [-0.2, 0) is 11.2 Å². The van der Waals surface area contributed by atoms with Crippen molar-refractivity contribution in [1.82, 2.24) is 9.80 Å². The van der Waals surface area contributed by atoms with Crippen molar-refractivity contribution >= 4 is 11.8 Å². The quantitative estimate of drug-likeness (QED) is 0.685. The second-order valence-corrected chi connectivity index (χ2v) is 7.39. The summed E-state index contributed by atoms with van der Waals surface area (Å²) in [5, 5.41) is 0. The topological polar surface area (TPSA) is 49.9 Å². The Morgan fingerprint density at radius 1 is 0.931 bits per heavy atom. The lowest BCUT2D eigenvalue weighted by Crippen LogP contribution is -2.50. The number of benzene rings is 2. The van der Waals surface area contributed by atoms with Gasteiger partial charge in [0.05, 0.1) is 6.61 Å². The van der Waals surface area contributed by atoms with Crippen LogP contribution in [0.3, 0.4) is 0 Å². The van der Waals surface area contributed by atoms with Crippen LogP contribution in [0.4, 0.5) is 0 Å². The van der Waals surface area contributed by atoms with Crippen LogP contribution in [0.1, 0.15) is 42.1 Å². The number of ether oxygens (including phenoxy) is 1. The van der Waals surface area contributed by atoms with E-state index in [1.807, 2.05) is 46.2 Å².